The molecule has 3 N–H and O–H groups in total. The van der Waals surface area contributed by atoms with Gasteiger partial charge < -0.3 is 0 Å². The summed E-state index contributed by atoms with van der Waals surface area (Å²) in [6.45, 7) is 3.90. The normalized spacial score (nSPS) is 12.5. The maximum absolute atomic E-state index is 13.8. The lowest BCUT2D eigenvalue weighted by molar-refractivity contribution is 0.545. The number of rotatable bonds is 3. The topological polar surface area (TPSA) is 38.0 Å². The molecule has 2 rings (SSSR count). The zero-order chi connectivity index (χ0) is 14.0. The molecule has 0 saturated heterocycles. The summed E-state index contributed by atoms with van der Waals surface area (Å²) >= 11 is 0. The van der Waals surface area contributed by atoms with E-state index < -0.39 is 17.7 Å². The monoisotopic (exact) mass is 262 g/mol. The van der Waals surface area contributed by atoms with Crippen molar-refractivity contribution in [2.24, 2.45) is 5.84 Å². The van der Waals surface area contributed by atoms with E-state index in [1.54, 1.807) is 0 Å². The maximum atomic E-state index is 13.8. The Morgan fingerprint density at radius 3 is 2.21 bits per heavy atom. The van der Waals surface area contributed by atoms with Gasteiger partial charge in [0.15, 0.2) is 0 Å². The Bertz CT molecular complexity index is 576. The number of hydrazine groups is 1. The molecule has 0 saturated carbocycles. The van der Waals surface area contributed by atoms with Crippen molar-refractivity contribution in [3.8, 4) is 0 Å². The van der Waals surface area contributed by atoms with Crippen molar-refractivity contribution in [2.75, 3.05) is 0 Å². The minimum atomic E-state index is -0.575. The first-order chi connectivity index (χ1) is 9.01. The van der Waals surface area contributed by atoms with Crippen LogP contribution in [-0.4, -0.2) is 0 Å². The number of benzene rings is 2. The van der Waals surface area contributed by atoms with Crippen LogP contribution in [0, 0.1) is 25.5 Å². The Labute approximate surface area is 111 Å². The Hall–Kier alpha value is -1.78. The molecule has 19 heavy (non-hydrogen) atoms. The van der Waals surface area contributed by atoms with Gasteiger partial charge in [-0.2, -0.15) is 0 Å². The Balaban J connectivity index is 2.52. The minimum absolute atomic E-state index is 0.201. The Morgan fingerprint density at radius 1 is 1.00 bits per heavy atom. The second kappa shape index (κ2) is 5.47. The van der Waals surface area contributed by atoms with E-state index in [2.05, 4.69) is 5.43 Å². The fourth-order valence-electron chi connectivity index (χ4n) is 2.28. The van der Waals surface area contributed by atoms with E-state index in [1.165, 1.54) is 0 Å². The molecule has 100 valence electrons. The van der Waals surface area contributed by atoms with Gasteiger partial charge in [0.1, 0.15) is 11.6 Å². The molecule has 2 aromatic carbocycles. The van der Waals surface area contributed by atoms with Crippen LogP contribution in [0.5, 0.6) is 0 Å². The lowest BCUT2D eigenvalue weighted by Crippen LogP contribution is -2.29. The summed E-state index contributed by atoms with van der Waals surface area (Å²) in [5.74, 6) is 4.55. The zero-order valence-corrected chi connectivity index (χ0v) is 10.9. The summed E-state index contributed by atoms with van der Waals surface area (Å²) in [5, 5.41) is 0. The van der Waals surface area contributed by atoms with Crippen molar-refractivity contribution in [1.29, 1.82) is 0 Å². The molecular formula is C15H16F2N2. The molecule has 0 heterocycles. The van der Waals surface area contributed by atoms with Gasteiger partial charge in [0, 0.05) is 5.56 Å². The Morgan fingerprint density at radius 2 is 1.63 bits per heavy atom. The van der Waals surface area contributed by atoms with Crippen molar-refractivity contribution < 1.29 is 8.78 Å². The van der Waals surface area contributed by atoms with Crippen LogP contribution in [0.15, 0.2) is 36.4 Å². The van der Waals surface area contributed by atoms with Gasteiger partial charge in [-0.25, -0.2) is 14.2 Å². The molecule has 0 fully saturated rings. The zero-order valence-electron chi connectivity index (χ0n) is 10.9. The van der Waals surface area contributed by atoms with Crippen molar-refractivity contribution in [1.82, 2.24) is 5.43 Å². The quantitative estimate of drug-likeness (QED) is 0.658. The molecular weight excluding hydrogens is 246 g/mol. The summed E-state index contributed by atoms with van der Waals surface area (Å²) < 4.78 is 27.1. The molecule has 2 nitrogen and oxygen atoms in total. The summed E-state index contributed by atoms with van der Waals surface area (Å²) in [6.07, 6.45) is 0. The molecule has 1 unspecified atom stereocenters. The number of hydrogen-bond donors (Lipinski definition) is 2. The highest BCUT2D eigenvalue weighted by Crippen LogP contribution is 2.26. The highest BCUT2D eigenvalue weighted by Gasteiger charge is 2.17. The third-order valence-corrected chi connectivity index (χ3v) is 3.01. The van der Waals surface area contributed by atoms with E-state index in [0.717, 1.165) is 34.9 Å². The fourth-order valence-corrected chi connectivity index (χ4v) is 2.28. The van der Waals surface area contributed by atoms with E-state index in [4.69, 9.17) is 5.84 Å². The summed E-state index contributed by atoms with van der Waals surface area (Å²) in [5.41, 5.74) is 5.66. The van der Waals surface area contributed by atoms with E-state index in [9.17, 15) is 8.78 Å². The SMILES string of the molecule is Cc1cc(C)cc(C(NN)c2cc(F)ccc2F)c1. The van der Waals surface area contributed by atoms with Gasteiger partial charge >= 0.3 is 0 Å². The minimum Gasteiger partial charge on any atom is -0.271 e. The molecule has 0 radical (unpaired) electrons. The van der Waals surface area contributed by atoms with Gasteiger partial charge in [-0.1, -0.05) is 29.3 Å². The lowest BCUT2D eigenvalue weighted by atomic mass is 9.95. The van der Waals surface area contributed by atoms with Crippen LogP contribution in [0.2, 0.25) is 0 Å². The third kappa shape index (κ3) is 2.97. The number of nitrogens with one attached hydrogen (secondary N) is 1. The van der Waals surface area contributed by atoms with Crippen LogP contribution in [0.4, 0.5) is 8.78 Å². The standard InChI is InChI=1S/C15H16F2N2/c1-9-5-10(2)7-11(6-9)15(19-18)13-8-12(16)3-4-14(13)17/h3-8,15,19H,18H2,1-2H3. The number of aryl methyl sites for hydroxylation is 2. The molecule has 0 spiro atoms. The predicted octanol–water partition coefficient (Wildman–Crippen LogP) is 3.13. The van der Waals surface area contributed by atoms with Gasteiger partial charge in [-0.15, -0.1) is 0 Å². The van der Waals surface area contributed by atoms with Crippen LogP contribution in [0.1, 0.15) is 28.3 Å². The first-order valence-corrected chi connectivity index (χ1v) is 6.00. The molecule has 0 amide bonds. The molecule has 0 bridgehead atoms. The summed E-state index contributed by atoms with van der Waals surface area (Å²) in [6, 6.07) is 8.61. The van der Waals surface area contributed by atoms with Crippen molar-refractivity contribution in [2.45, 2.75) is 19.9 Å². The van der Waals surface area contributed by atoms with Crippen molar-refractivity contribution in [3.63, 3.8) is 0 Å². The number of nitrogens with two attached hydrogens (primary N) is 1. The van der Waals surface area contributed by atoms with E-state index >= 15 is 0 Å². The lowest BCUT2D eigenvalue weighted by Gasteiger charge is -2.19. The number of hydrogen-bond acceptors (Lipinski definition) is 2. The predicted molar refractivity (Wildman–Crippen MR) is 71.4 cm³/mol. The molecule has 0 aliphatic rings. The molecule has 1 atom stereocenters. The van der Waals surface area contributed by atoms with Crippen LogP contribution >= 0.6 is 0 Å². The molecule has 0 aliphatic carbocycles. The van der Waals surface area contributed by atoms with Gasteiger partial charge in [0.2, 0.25) is 0 Å². The third-order valence-electron chi connectivity index (χ3n) is 3.01. The van der Waals surface area contributed by atoms with Crippen LogP contribution < -0.4 is 11.3 Å². The second-order valence-electron chi connectivity index (χ2n) is 4.69. The molecule has 2 aromatic rings. The van der Waals surface area contributed by atoms with Gasteiger partial charge in [0.05, 0.1) is 6.04 Å². The smallest absolute Gasteiger partial charge is 0.128 e. The van der Waals surface area contributed by atoms with Crippen LogP contribution in [-0.2, 0) is 0 Å². The Kier molecular flexibility index (Phi) is 3.93. The average molecular weight is 262 g/mol. The van der Waals surface area contributed by atoms with Gasteiger partial charge in [-0.05, 0) is 37.6 Å². The highest BCUT2D eigenvalue weighted by atomic mass is 19.1. The molecule has 4 heteroatoms. The van der Waals surface area contributed by atoms with Crippen LogP contribution in [0.3, 0.4) is 0 Å². The largest absolute Gasteiger partial charge is 0.271 e. The second-order valence-corrected chi connectivity index (χ2v) is 4.69. The summed E-state index contributed by atoms with van der Waals surface area (Å²) in [7, 11) is 0. The first-order valence-electron chi connectivity index (χ1n) is 6.00. The van der Waals surface area contributed by atoms with Gasteiger partial charge in [-0.3, -0.25) is 5.84 Å². The van der Waals surface area contributed by atoms with Crippen LogP contribution in [0.25, 0.3) is 0 Å². The first kappa shape index (κ1) is 13.6. The van der Waals surface area contributed by atoms with Gasteiger partial charge in [0.25, 0.3) is 0 Å². The molecule has 0 aromatic heterocycles. The maximum Gasteiger partial charge on any atom is 0.128 e. The average Bonchev–Trinajstić information content (AvgIpc) is 2.33. The molecule has 0 aliphatic heterocycles. The van der Waals surface area contributed by atoms with Crippen molar-refractivity contribution in [3.05, 3.63) is 70.3 Å². The van der Waals surface area contributed by atoms with Crippen molar-refractivity contribution >= 4 is 0 Å². The number of halogens is 2. The fraction of sp³-hybridized carbons (Fsp3) is 0.200. The van der Waals surface area contributed by atoms with E-state index in [0.29, 0.717) is 0 Å². The summed E-state index contributed by atoms with van der Waals surface area (Å²) in [4.78, 5) is 0. The van der Waals surface area contributed by atoms with E-state index in [1.807, 2.05) is 32.0 Å². The van der Waals surface area contributed by atoms with E-state index in [-0.39, 0.29) is 5.56 Å². The highest BCUT2D eigenvalue weighted by molar-refractivity contribution is 5.37.